The van der Waals surface area contributed by atoms with Crippen molar-refractivity contribution < 1.29 is 18.4 Å². The van der Waals surface area contributed by atoms with Gasteiger partial charge in [0.1, 0.15) is 11.6 Å². The van der Waals surface area contributed by atoms with Gasteiger partial charge < -0.3 is 9.80 Å². The Morgan fingerprint density at radius 3 is 1.60 bits per heavy atom. The molecule has 6 heteroatoms. The van der Waals surface area contributed by atoms with Gasteiger partial charge >= 0.3 is 0 Å². The third-order valence-corrected chi connectivity index (χ3v) is 6.24. The Bertz CT molecular complexity index is 912. The fourth-order valence-corrected chi connectivity index (χ4v) is 4.66. The molecule has 4 rings (SSSR count). The van der Waals surface area contributed by atoms with Gasteiger partial charge in [-0.05, 0) is 87.1 Å². The Kier molecular flexibility index (Phi) is 5.58. The minimum Gasteiger partial charge on any atom is -0.309 e. The van der Waals surface area contributed by atoms with Crippen molar-refractivity contribution in [1.82, 2.24) is 0 Å². The van der Waals surface area contributed by atoms with Crippen LogP contribution in [0.15, 0.2) is 36.4 Å². The van der Waals surface area contributed by atoms with E-state index >= 15 is 0 Å². The zero-order chi connectivity index (χ0) is 21.4. The number of hydrogen-bond acceptors (Lipinski definition) is 2. The van der Waals surface area contributed by atoms with Gasteiger partial charge in [-0.2, -0.15) is 0 Å². The van der Waals surface area contributed by atoms with Gasteiger partial charge in [0.15, 0.2) is 0 Å². The normalized spacial score (nSPS) is 20.5. The van der Waals surface area contributed by atoms with Crippen LogP contribution < -0.4 is 9.80 Å². The summed E-state index contributed by atoms with van der Waals surface area (Å²) in [5.41, 5.74) is 3.13. The van der Waals surface area contributed by atoms with Gasteiger partial charge in [-0.25, -0.2) is 8.78 Å². The van der Waals surface area contributed by atoms with Crippen LogP contribution >= 0.6 is 0 Å². The van der Waals surface area contributed by atoms with Crippen LogP contribution in [-0.2, 0) is 22.4 Å². The van der Waals surface area contributed by atoms with Crippen LogP contribution in [0.1, 0.15) is 50.7 Å². The van der Waals surface area contributed by atoms with Crippen molar-refractivity contribution in [3.05, 3.63) is 59.2 Å². The van der Waals surface area contributed by atoms with Gasteiger partial charge in [-0.15, -0.1) is 0 Å². The van der Waals surface area contributed by atoms with Crippen LogP contribution in [0.5, 0.6) is 0 Å². The second-order valence-corrected chi connectivity index (χ2v) is 8.35. The van der Waals surface area contributed by atoms with E-state index < -0.39 is 0 Å². The lowest BCUT2D eigenvalue weighted by Gasteiger charge is -2.37. The van der Waals surface area contributed by atoms with Crippen LogP contribution in [0.2, 0.25) is 0 Å². The van der Waals surface area contributed by atoms with Crippen LogP contribution in [-0.4, -0.2) is 23.9 Å². The molecule has 2 aliphatic heterocycles. The third-order valence-electron chi connectivity index (χ3n) is 6.24. The number of fused-ring (bicyclic) bond motifs is 2. The maximum Gasteiger partial charge on any atom is 0.227 e. The van der Waals surface area contributed by atoms with Gasteiger partial charge in [0.2, 0.25) is 11.8 Å². The molecule has 0 aliphatic carbocycles. The van der Waals surface area contributed by atoms with Gasteiger partial charge in [-0.3, -0.25) is 9.59 Å². The summed E-state index contributed by atoms with van der Waals surface area (Å²) in [6.07, 6.45) is 3.15. The van der Waals surface area contributed by atoms with E-state index in [4.69, 9.17) is 0 Å². The summed E-state index contributed by atoms with van der Waals surface area (Å²) in [6, 6.07) is 9.01. The number of nitrogens with zero attached hydrogens (tertiary/aromatic N) is 2. The molecule has 2 atom stereocenters. The molecular formula is C24H26F2N2O2. The molecule has 0 aromatic heterocycles. The number of benzene rings is 2. The van der Waals surface area contributed by atoms with E-state index in [1.165, 1.54) is 24.3 Å². The summed E-state index contributed by atoms with van der Waals surface area (Å²) in [7, 11) is 0. The lowest BCUT2D eigenvalue weighted by atomic mass is 9.95. The number of aryl methyl sites for hydroxylation is 2. The molecule has 2 amide bonds. The zero-order valence-electron chi connectivity index (χ0n) is 17.3. The number of anilines is 2. The first-order chi connectivity index (χ1) is 14.3. The maximum atomic E-state index is 13.6. The molecule has 0 saturated heterocycles. The molecule has 2 aliphatic rings. The summed E-state index contributed by atoms with van der Waals surface area (Å²) in [4.78, 5) is 29.5. The quantitative estimate of drug-likeness (QED) is 0.728. The number of carbonyl (C=O) groups excluding carboxylic acids is 2. The van der Waals surface area contributed by atoms with E-state index in [9.17, 15) is 18.4 Å². The Hall–Kier alpha value is -2.76. The van der Waals surface area contributed by atoms with E-state index in [1.54, 1.807) is 21.9 Å². The molecule has 4 nitrogen and oxygen atoms in total. The predicted octanol–water partition coefficient (Wildman–Crippen LogP) is 4.78. The van der Waals surface area contributed by atoms with E-state index in [0.717, 1.165) is 48.2 Å². The third kappa shape index (κ3) is 3.83. The highest BCUT2D eigenvalue weighted by atomic mass is 19.1. The number of amides is 2. The van der Waals surface area contributed by atoms with Crippen molar-refractivity contribution >= 4 is 23.2 Å². The summed E-state index contributed by atoms with van der Waals surface area (Å²) in [5, 5.41) is 0. The molecular weight excluding hydrogens is 386 g/mol. The average molecular weight is 412 g/mol. The fraction of sp³-hybridized carbons (Fsp3) is 0.417. The molecule has 0 N–H and O–H groups in total. The number of hydrogen-bond donors (Lipinski definition) is 0. The van der Waals surface area contributed by atoms with Crippen molar-refractivity contribution in [2.24, 2.45) is 0 Å². The molecule has 2 aromatic rings. The highest BCUT2D eigenvalue weighted by Crippen LogP contribution is 2.34. The summed E-state index contributed by atoms with van der Waals surface area (Å²) < 4.78 is 27.2. The minimum absolute atomic E-state index is 0.00294. The monoisotopic (exact) mass is 412 g/mol. The van der Waals surface area contributed by atoms with Gasteiger partial charge in [0.05, 0.1) is 0 Å². The maximum absolute atomic E-state index is 13.6. The smallest absolute Gasteiger partial charge is 0.227 e. The molecule has 0 bridgehead atoms. The Morgan fingerprint density at radius 2 is 1.20 bits per heavy atom. The van der Waals surface area contributed by atoms with Crippen LogP contribution in [0.3, 0.4) is 0 Å². The van der Waals surface area contributed by atoms with Crippen molar-refractivity contribution in [3.63, 3.8) is 0 Å². The van der Waals surface area contributed by atoms with E-state index in [1.807, 2.05) is 13.8 Å². The largest absolute Gasteiger partial charge is 0.309 e. The van der Waals surface area contributed by atoms with Gasteiger partial charge in [-0.1, -0.05) is 0 Å². The molecule has 30 heavy (non-hydrogen) atoms. The van der Waals surface area contributed by atoms with E-state index in [0.29, 0.717) is 0 Å². The molecule has 2 heterocycles. The van der Waals surface area contributed by atoms with Crippen molar-refractivity contribution in [3.8, 4) is 0 Å². The second kappa shape index (κ2) is 8.17. The lowest BCUT2D eigenvalue weighted by Crippen LogP contribution is -2.44. The second-order valence-electron chi connectivity index (χ2n) is 8.35. The molecule has 2 unspecified atom stereocenters. The molecule has 0 spiro atoms. The Balaban J connectivity index is 1.49. The molecule has 0 fully saturated rings. The predicted molar refractivity (Wildman–Crippen MR) is 113 cm³/mol. The summed E-state index contributed by atoms with van der Waals surface area (Å²) in [6.45, 7) is 3.95. The molecule has 2 aromatic carbocycles. The van der Waals surface area contributed by atoms with Crippen LogP contribution in [0.25, 0.3) is 0 Å². The molecule has 0 saturated carbocycles. The Morgan fingerprint density at radius 1 is 0.800 bits per heavy atom. The van der Waals surface area contributed by atoms with Crippen LogP contribution in [0, 0.1) is 11.6 Å². The zero-order valence-corrected chi connectivity index (χ0v) is 17.3. The number of carbonyl (C=O) groups is 2. The fourth-order valence-electron chi connectivity index (χ4n) is 4.66. The van der Waals surface area contributed by atoms with Crippen molar-refractivity contribution in [2.45, 2.75) is 64.5 Å². The van der Waals surface area contributed by atoms with Gasteiger partial charge in [0.25, 0.3) is 0 Å². The number of rotatable bonds is 3. The standard InChI is InChI=1S/C24H26F2N2O2/c1-15-3-5-17-13-19(25)7-9-21(17)27(15)23(29)11-12-24(30)28-16(2)4-6-18-14-20(26)8-10-22(18)28/h7-10,13-16H,3-6,11-12H2,1-2H3. The SMILES string of the molecule is CC1CCc2cc(F)ccc2N1C(=O)CCC(=O)N1c2ccc(F)cc2CCC1C. The molecule has 0 radical (unpaired) electrons. The van der Waals surface area contributed by atoms with Crippen LogP contribution in [0.4, 0.5) is 20.2 Å². The highest BCUT2D eigenvalue weighted by molar-refractivity contribution is 6.00. The molecule has 158 valence electrons. The lowest BCUT2D eigenvalue weighted by molar-refractivity contribution is -0.124. The summed E-state index contributed by atoms with van der Waals surface area (Å²) >= 11 is 0. The Labute approximate surface area is 175 Å². The first-order valence-corrected chi connectivity index (χ1v) is 10.6. The number of halogens is 2. The van der Waals surface area contributed by atoms with E-state index in [-0.39, 0.29) is 48.4 Å². The topological polar surface area (TPSA) is 40.6 Å². The average Bonchev–Trinajstić information content (AvgIpc) is 2.72. The van der Waals surface area contributed by atoms with Crippen molar-refractivity contribution in [2.75, 3.05) is 9.80 Å². The van der Waals surface area contributed by atoms with E-state index in [2.05, 4.69) is 0 Å². The summed E-state index contributed by atoms with van der Waals surface area (Å²) in [5.74, 6) is -0.875. The van der Waals surface area contributed by atoms with Gasteiger partial charge in [0, 0.05) is 36.3 Å². The van der Waals surface area contributed by atoms with Crippen molar-refractivity contribution in [1.29, 1.82) is 0 Å². The minimum atomic E-state index is -0.305. The first-order valence-electron chi connectivity index (χ1n) is 10.6. The highest BCUT2D eigenvalue weighted by Gasteiger charge is 2.31. The first kappa shape index (κ1) is 20.5.